The van der Waals surface area contributed by atoms with E-state index in [0.717, 1.165) is 41.1 Å². The van der Waals surface area contributed by atoms with Gasteiger partial charge in [0, 0.05) is 12.3 Å². The van der Waals surface area contributed by atoms with E-state index in [4.69, 9.17) is 9.72 Å². The molecule has 0 radical (unpaired) electrons. The maximum atomic E-state index is 12.1. The molecular formula is C22H22N2O2S. The summed E-state index contributed by atoms with van der Waals surface area (Å²) in [6, 6.07) is 12.6. The van der Waals surface area contributed by atoms with E-state index in [1.54, 1.807) is 11.3 Å². The van der Waals surface area contributed by atoms with Crippen LogP contribution in [0, 0.1) is 12.8 Å². The minimum absolute atomic E-state index is 0.000968. The van der Waals surface area contributed by atoms with E-state index in [1.807, 2.05) is 18.2 Å². The Hall–Kier alpha value is -2.40. The van der Waals surface area contributed by atoms with Gasteiger partial charge in [0.05, 0.1) is 22.3 Å². The van der Waals surface area contributed by atoms with Crippen molar-refractivity contribution < 1.29 is 9.53 Å². The smallest absolute Gasteiger partial charge is 0.223 e. The Morgan fingerprint density at radius 3 is 2.93 bits per heavy atom. The zero-order chi connectivity index (χ0) is 18.4. The van der Waals surface area contributed by atoms with E-state index in [1.165, 1.54) is 22.2 Å². The zero-order valence-corrected chi connectivity index (χ0v) is 16.1. The van der Waals surface area contributed by atoms with E-state index in [-0.39, 0.29) is 17.9 Å². The van der Waals surface area contributed by atoms with Gasteiger partial charge in [-0.25, -0.2) is 4.98 Å². The Kier molecular flexibility index (Phi) is 4.12. The van der Waals surface area contributed by atoms with Crippen molar-refractivity contribution in [1.82, 2.24) is 10.3 Å². The first-order chi connectivity index (χ1) is 13.2. The third-order valence-corrected chi connectivity index (χ3v) is 6.62. The van der Waals surface area contributed by atoms with Gasteiger partial charge in [-0.15, -0.1) is 11.3 Å². The first-order valence-corrected chi connectivity index (χ1v) is 10.4. The van der Waals surface area contributed by atoms with Crippen LogP contribution in [0.1, 0.15) is 30.4 Å². The average molecular weight is 378 g/mol. The molecule has 1 fully saturated rings. The van der Waals surface area contributed by atoms with E-state index in [9.17, 15) is 4.79 Å². The Bertz CT molecular complexity index is 989. The van der Waals surface area contributed by atoms with Crippen LogP contribution < -0.4 is 10.1 Å². The number of aromatic nitrogens is 1. The Morgan fingerprint density at radius 1 is 1.30 bits per heavy atom. The van der Waals surface area contributed by atoms with Crippen LogP contribution in [0.2, 0.25) is 0 Å². The molecule has 2 aromatic carbocycles. The van der Waals surface area contributed by atoms with Crippen LogP contribution in [0.3, 0.4) is 0 Å². The monoisotopic (exact) mass is 378 g/mol. The molecule has 2 heterocycles. The molecule has 1 saturated carbocycles. The number of fused-ring (bicyclic) bond motifs is 2. The number of carbonyl (C=O) groups is 1. The SMILES string of the molecule is Cc1cc2c(c(-c3nc4ccccc4s3)c1)O[C@@H](CNC(=O)C1CCC1)C2. The van der Waals surface area contributed by atoms with Crippen molar-refractivity contribution in [2.45, 2.75) is 38.7 Å². The summed E-state index contributed by atoms with van der Waals surface area (Å²) in [6.45, 7) is 2.69. The predicted molar refractivity (Wildman–Crippen MR) is 108 cm³/mol. The van der Waals surface area contributed by atoms with Crippen molar-refractivity contribution >= 4 is 27.5 Å². The molecule has 0 saturated heterocycles. The van der Waals surface area contributed by atoms with Gasteiger partial charge in [-0.2, -0.15) is 0 Å². The summed E-state index contributed by atoms with van der Waals surface area (Å²) >= 11 is 1.70. The highest BCUT2D eigenvalue weighted by Crippen LogP contribution is 2.42. The van der Waals surface area contributed by atoms with Gasteiger partial charge in [0.15, 0.2) is 0 Å². The molecule has 138 valence electrons. The molecule has 4 nitrogen and oxygen atoms in total. The maximum absolute atomic E-state index is 12.1. The molecule has 3 aromatic rings. The van der Waals surface area contributed by atoms with Gasteiger partial charge in [-0.3, -0.25) is 4.79 Å². The summed E-state index contributed by atoms with van der Waals surface area (Å²) in [4.78, 5) is 16.9. The number of rotatable bonds is 4. The number of benzene rings is 2. The lowest BCUT2D eigenvalue weighted by atomic mass is 9.85. The summed E-state index contributed by atoms with van der Waals surface area (Å²) in [5, 5.41) is 4.08. The number of ether oxygens (including phenoxy) is 1. The summed E-state index contributed by atoms with van der Waals surface area (Å²) in [5.74, 6) is 1.33. The molecule has 1 aliphatic heterocycles. The van der Waals surface area contributed by atoms with E-state index in [0.29, 0.717) is 6.54 Å². The fourth-order valence-corrected chi connectivity index (χ4v) is 4.86. The van der Waals surface area contributed by atoms with Crippen LogP contribution in [0.5, 0.6) is 5.75 Å². The highest BCUT2D eigenvalue weighted by molar-refractivity contribution is 7.21. The van der Waals surface area contributed by atoms with Crippen LogP contribution >= 0.6 is 11.3 Å². The summed E-state index contributed by atoms with van der Waals surface area (Å²) < 4.78 is 7.46. The molecule has 1 amide bonds. The molecule has 0 spiro atoms. The minimum atomic E-state index is -0.000968. The quantitative estimate of drug-likeness (QED) is 0.728. The number of aryl methyl sites for hydroxylation is 1. The number of thiazole rings is 1. The summed E-state index contributed by atoms with van der Waals surface area (Å²) in [5.41, 5.74) is 4.52. The molecular weight excluding hydrogens is 356 g/mol. The number of hydrogen-bond donors (Lipinski definition) is 1. The lowest BCUT2D eigenvalue weighted by Gasteiger charge is -2.24. The van der Waals surface area contributed by atoms with E-state index < -0.39 is 0 Å². The van der Waals surface area contributed by atoms with Crippen molar-refractivity contribution in [1.29, 1.82) is 0 Å². The second-order valence-electron chi connectivity index (χ2n) is 7.60. The second kappa shape index (κ2) is 6.64. The van der Waals surface area contributed by atoms with Gasteiger partial charge in [0.25, 0.3) is 0 Å². The predicted octanol–water partition coefficient (Wildman–Crippen LogP) is 4.49. The van der Waals surface area contributed by atoms with Gasteiger partial charge in [0.1, 0.15) is 16.9 Å². The largest absolute Gasteiger partial charge is 0.487 e. The van der Waals surface area contributed by atoms with E-state index >= 15 is 0 Å². The molecule has 1 atom stereocenters. The van der Waals surface area contributed by atoms with Crippen LogP contribution in [-0.2, 0) is 11.2 Å². The highest BCUT2D eigenvalue weighted by atomic mass is 32.1. The normalized spacial score (nSPS) is 18.8. The third-order valence-electron chi connectivity index (χ3n) is 5.55. The van der Waals surface area contributed by atoms with Crippen LogP contribution in [0.15, 0.2) is 36.4 Å². The van der Waals surface area contributed by atoms with Crippen molar-refractivity contribution in [3.8, 4) is 16.3 Å². The molecule has 27 heavy (non-hydrogen) atoms. The lowest BCUT2D eigenvalue weighted by Crippen LogP contribution is -2.40. The third kappa shape index (κ3) is 3.10. The summed E-state index contributed by atoms with van der Waals surface area (Å²) in [7, 11) is 0. The Balaban J connectivity index is 1.39. The first kappa shape index (κ1) is 16.8. The minimum Gasteiger partial charge on any atom is -0.487 e. The molecule has 1 N–H and O–H groups in total. The number of hydrogen-bond acceptors (Lipinski definition) is 4. The number of amides is 1. The van der Waals surface area contributed by atoms with Gasteiger partial charge < -0.3 is 10.1 Å². The van der Waals surface area contributed by atoms with Crippen molar-refractivity contribution in [2.75, 3.05) is 6.54 Å². The van der Waals surface area contributed by atoms with Gasteiger partial charge in [-0.1, -0.05) is 24.6 Å². The van der Waals surface area contributed by atoms with Crippen LogP contribution in [0.25, 0.3) is 20.8 Å². The number of para-hydroxylation sites is 1. The number of carbonyl (C=O) groups excluding carboxylic acids is 1. The average Bonchev–Trinajstić information content (AvgIpc) is 3.21. The Morgan fingerprint density at radius 2 is 2.15 bits per heavy atom. The molecule has 0 bridgehead atoms. The lowest BCUT2D eigenvalue weighted by molar-refractivity contribution is -0.127. The first-order valence-electron chi connectivity index (χ1n) is 9.61. The fourth-order valence-electron chi connectivity index (χ4n) is 3.88. The molecule has 2 aliphatic rings. The molecule has 1 aliphatic carbocycles. The number of nitrogens with one attached hydrogen (secondary N) is 1. The molecule has 0 unspecified atom stereocenters. The van der Waals surface area contributed by atoms with Crippen LogP contribution in [-0.4, -0.2) is 23.5 Å². The van der Waals surface area contributed by atoms with Gasteiger partial charge in [-0.05, 0) is 49.1 Å². The topological polar surface area (TPSA) is 51.2 Å². The zero-order valence-electron chi connectivity index (χ0n) is 15.3. The molecule has 5 heteroatoms. The molecule has 5 rings (SSSR count). The van der Waals surface area contributed by atoms with Crippen molar-refractivity contribution in [3.63, 3.8) is 0 Å². The number of nitrogens with zero attached hydrogens (tertiary/aromatic N) is 1. The molecule has 1 aromatic heterocycles. The van der Waals surface area contributed by atoms with Crippen molar-refractivity contribution in [2.24, 2.45) is 5.92 Å². The Labute approximate surface area is 162 Å². The van der Waals surface area contributed by atoms with Gasteiger partial charge >= 0.3 is 0 Å². The van der Waals surface area contributed by atoms with Crippen molar-refractivity contribution in [3.05, 3.63) is 47.5 Å². The summed E-state index contributed by atoms with van der Waals surface area (Å²) in [6.07, 6.45) is 4.06. The standard InChI is InChI=1S/C22H22N2O2S/c1-13-9-15-11-16(12-23-21(25)14-5-4-6-14)26-20(15)17(10-13)22-24-18-7-2-3-8-19(18)27-22/h2-3,7-10,14,16H,4-6,11-12H2,1H3,(H,23,25)/t16-/m1/s1. The highest BCUT2D eigenvalue weighted by Gasteiger charge is 2.30. The van der Waals surface area contributed by atoms with E-state index in [2.05, 4.69) is 30.4 Å². The fraction of sp³-hybridized carbons (Fsp3) is 0.364. The second-order valence-corrected chi connectivity index (χ2v) is 8.64. The van der Waals surface area contributed by atoms with Crippen LogP contribution in [0.4, 0.5) is 0 Å². The maximum Gasteiger partial charge on any atom is 0.223 e. The van der Waals surface area contributed by atoms with Gasteiger partial charge in [0.2, 0.25) is 5.91 Å².